The SMILES string of the molecule is CCCn1c(=O)[nH]c(=O)c2c(C(=O)NCc3ccccc3CN(CC)CC)cc(C(C)C)nc21. The molecule has 0 fully saturated rings. The maximum Gasteiger partial charge on any atom is 0.329 e. The highest BCUT2D eigenvalue weighted by Gasteiger charge is 2.20. The number of carbonyl (C=O) groups excluding carboxylic acids is 1. The number of hydrogen-bond acceptors (Lipinski definition) is 5. The molecule has 3 rings (SSSR count). The predicted octanol–water partition coefficient (Wildman–Crippen LogP) is 3.39. The van der Waals surface area contributed by atoms with E-state index in [0.717, 1.165) is 30.8 Å². The number of aromatic nitrogens is 3. The third-order valence-corrected chi connectivity index (χ3v) is 6.10. The highest BCUT2D eigenvalue weighted by molar-refractivity contribution is 6.05. The fourth-order valence-corrected chi connectivity index (χ4v) is 4.04. The summed E-state index contributed by atoms with van der Waals surface area (Å²) in [5.41, 5.74) is 2.24. The number of carbonyl (C=O) groups is 1. The second-order valence-corrected chi connectivity index (χ2v) is 8.77. The molecule has 0 unspecified atom stereocenters. The van der Waals surface area contributed by atoms with Crippen molar-refractivity contribution in [2.45, 2.75) is 66.6 Å². The summed E-state index contributed by atoms with van der Waals surface area (Å²) in [7, 11) is 0. The Morgan fingerprint density at radius 3 is 2.41 bits per heavy atom. The first-order valence-corrected chi connectivity index (χ1v) is 12.1. The molecule has 0 aliphatic rings. The number of nitrogens with zero attached hydrogens (tertiary/aromatic N) is 3. The van der Waals surface area contributed by atoms with Crippen LogP contribution in [0.1, 0.15) is 74.1 Å². The number of aryl methyl sites for hydroxylation is 1. The van der Waals surface area contributed by atoms with Crippen molar-refractivity contribution in [1.29, 1.82) is 0 Å². The lowest BCUT2D eigenvalue weighted by atomic mass is 10.0. The number of benzene rings is 1. The first-order chi connectivity index (χ1) is 16.3. The summed E-state index contributed by atoms with van der Waals surface area (Å²) in [5.74, 6) is -0.339. The molecule has 8 nitrogen and oxygen atoms in total. The average molecular weight is 466 g/mol. The van der Waals surface area contributed by atoms with Crippen molar-refractivity contribution in [2.75, 3.05) is 13.1 Å². The van der Waals surface area contributed by atoms with Crippen molar-refractivity contribution in [1.82, 2.24) is 24.8 Å². The Balaban J connectivity index is 2.02. The van der Waals surface area contributed by atoms with Crippen molar-refractivity contribution < 1.29 is 4.79 Å². The van der Waals surface area contributed by atoms with Crippen molar-refractivity contribution in [3.8, 4) is 0 Å². The number of aromatic amines is 1. The molecular formula is C26H35N5O3. The molecule has 0 saturated carbocycles. The second kappa shape index (κ2) is 11.2. The van der Waals surface area contributed by atoms with Gasteiger partial charge in [-0.1, -0.05) is 58.9 Å². The third-order valence-electron chi connectivity index (χ3n) is 6.10. The van der Waals surface area contributed by atoms with E-state index in [1.807, 2.05) is 39.0 Å². The molecule has 34 heavy (non-hydrogen) atoms. The molecule has 0 aliphatic carbocycles. The van der Waals surface area contributed by atoms with Crippen LogP contribution in [-0.2, 0) is 19.6 Å². The van der Waals surface area contributed by atoms with Gasteiger partial charge in [-0.2, -0.15) is 0 Å². The van der Waals surface area contributed by atoms with Crippen LogP contribution in [-0.4, -0.2) is 38.4 Å². The number of pyridine rings is 1. The van der Waals surface area contributed by atoms with E-state index in [1.165, 1.54) is 4.57 Å². The molecule has 0 saturated heterocycles. The van der Waals surface area contributed by atoms with E-state index in [9.17, 15) is 14.4 Å². The van der Waals surface area contributed by atoms with Gasteiger partial charge in [0.2, 0.25) is 0 Å². The molecule has 182 valence electrons. The van der Waals surface area contributed by atoms with Gasteiger partial charge < -0.3 is 5.32 Å². The summed E-state index contributed by atoms with van der Waals surface area (Å²) in [5, 5.41) is 3.14. The average Bonchev–Trinajstić information content (AvgIpc) is 2.83. The zero-order valence-electron chi connectivity index (χ0n) is 20.8. The number of H-pyrrole nitrogens is 1. The van der Waals surface area contributed by atoms with Gasteiger partial charge in [0.15, 0.2) is 5.65 Å². The summed E-state index contributed by atoms with van der Waals surface area (Å²) in [6.07, 6.45) is 0.694. The molecule has 0 radical (unpaired) electrons. The Labute approximate surface area is 200 Å². The minimum absolute atomic E-state index is 0.0233. The maximum atomic E-state index is 13.4. The Kier molecular flexibility index (Phi) is 8.39. The minimum atomic E-state index is -0.595. The predicted molar refractivity (Wildman–Crippen MR) is 135 cm³/mol. The molecule has 2 heterocycles. The van der Waals surface area contributed by atoms with Gasteiger partial charge in [0.25, 0.3) is 11.5 Å². The molecule has 2 N–H and O–H groups in total. The molecule has 3 aromatic rings. The van der Waals surface area contributed by atoms with Crippen LogP contribution in [0.5, 0.6) is 0 Å². The summed E-state index contributed by atoms with van der Waals surface area (Å²) in [6, 6.07) is 9.71. The Morgan fingerprint density at radius 1 is 1.12 bits per heavy atom. The van der Waals surface area contributed by atoms with Crippen LogP contribution >= 0.6 is 0 Å². The van der Waals surface area contributed by atoms with Gasteiger partial charge in [0.1, 0.15) is 0 Å². The van der Waals surface area contributed by atoms with E-state index in [1.54, 1.807) is 6.07 Å². The Bertz CT molecular complexity index is 1270. The molecular weight excluding hydrogens is 430 g/mol. The van der Waals surface area contributed by atoms with E-state index in [-0.39, 0.29) is 28.4 Å². The monoisotopic (exact) mass is 465 g/mol. The van der Waals surface area contributed by atoms with Gasteiger partial charge >= 0.3 is 5.69 Å². The summed E-state index contributed by atoms with van der Waals surface area (Å²) in [4.78, 5) is 47.9. The summed E-state index contributed by atoms with van der Waals surface area (Å²) >= 11 is 0. The van der Waals surface area contributed by atoms with Crippen LogP contribution in [0.25, 0.3) is 11.0 Å². The standard InChI is InChI=1S/C26H35N5O3/c1-6-13-31-23-22(25(33)29-26(31)34)20(14-21(28-23)17(4)5)24(32)27-15-18-11-9-10-12-19(18)16-30(7-2)8-3/h9-12,14,17H,6-8,13,15-16H2,1-5H3,(H,27,32)(H,29,33,34). The number of hydrogen-bond donors (Lipinski definition) is 2. The molecule has 0 aliphatic heterocycles. The summed E-state index contributed by atoms with van der Waals surface area (Å²) < 4.78 is 1.44. The van der Waals surface area contributed by atoms with E-state index in [0.29, 0.717) is 25.2 Å². The zero-order valence-corrected chi connectivity index (χ0v) is 20.8. The van der Waals surface area contributed by atoms with Crippen LogP contribution in [0.4, 0.5) is 0 Å². The fourth-order valence-electron chi connectivity index (χ4n) is 4.04. The smallest absolute Gasteiger partial charge is 0.329 e. The molecule has 0 bridgehead atoms. The molecule has 8 heteroatoms. The van der Waals surface area contributed by atoms with Gasteiger partial charge in [-0.05, 0) is 42.6 Å². The first kappa shape index (κ1) is 25.4. The van der Waals surface area contributed by atoms with Crippen LogP contribution in [0.2, 0.25) is 0 Å². The zero-order chi connectivity index (χ0) is 24.8. The van der Waals surface area contributed by atoms with Crippen molar-refractivity contribution >= 4 is 16.9 Å². The fraction of sp³-hybridized carbons (Fsp3) is 0.462. The van der Waals surface area contributed by atoms with Gasteiger partial charge in [-0.25, -0.2) is 9.78 Å². The van der Waals surface area contributed by atoms with Crippen LogP contribution in [0.3, 0.4) is 0 Å². The highest BCUT2D eigenvalue weighted by Crippen LogP contribution is 2.20. The molecule has 1 amide bonds. The van der Waals surface area contributed by atoms with Crippen LogP contribution in [0, 0.1) is 0 Å². The first-order valence-electron chi connectivity index (χ1n) is 12.1. The molecule has 0 atom stereocenters. The second-order valence-electron chi connectivity index (χ2n) is 8.77. The van der Waals surface area contributed by atoms with Crippen LogP contribution in [0.15, 0.2) is 39.9 Å². The van der Waals surface area contributed by atoms with Gasteiger partial charge in [0, 0.05) is 25.3 Å². The van der Waals surface area contributed by atoms with Crippen molar-refractivity contribution in [3.63, 3.8) is 0 Å². The van der Waals surface area contributed by atoms with Crippen molar-refractivity contribution in [2.24, 2.45) is 0 Å². The largest absolute Gasteiger partial charge is 0.348 e. The number of rotatable bonds is 10. The Morgan fingerprint density at radius 2 is 1.79 bits per heavy atom. The molecule has 1 aromatic carbocycles. The van der Waals surface area contributed by atoms with Gasteiger partial charge in [-0.3, -0.25) is 24.0 Å². The van der Waals surface area contributed by atoms with E-state index >= 15 is 0 Å². The lowest BCUT2D eigenvalue weighted by Gasteiger charge is -2.20. The van der Waals surface area contributed by atoms with E-state index in [2.05, 4.69) is 40.1 Å². The lowest BCUT2D eigenvalue weighted by molar-refractivity contribution is 0.0952. The maximum absolute atomic E-state index is 13.4. The van der Waals surface area contributed by atoms with Crippen LogP contribution < -0.4 is 16.6 Å². The normalized spacial score (nSPS) is 11.5. The van der Waals surface area contributed by atoms with Gasteiger partial charge in [0.05, 0.1) is 10.9 Å². The number of amides is 1. The minimum Gasteiger partial charge on any atom is -0.348 e. The Hall–Kier alpha value is -3.26. The van der Waals surface area contributed by atoms with E-state index < -0.39 is 11.2 Å². The summed E-state index contributed by atoms with van der Waals surface area (Å²) in [6.45, 7) is 13.6. The topological polar surface area (TPSA) is 100 Å². The third kappa shape index (κ3) is 5.44. The van der Waals surface area contributed by atoms with E-state index in [4.69, 9.17) is 0 Å². The quantitative estimate of drug-likeness (QED) is 0.478. The number of nitrogens with one attached hydrogen (secondary N) is 2. The molecule has 2 aromatic heterocycles. The lowest BCUT2D eigenvalue weighted by Crippen LogP contribution is -2.33. The number of fused-ring (bicyclic) bond motifs is 1. The molecule has 0 spiro atoms. The highest BCUT2D eigenvalue weighted by atomic mass is 16.2. The van der Waals surface area contributed by atoms with Crippen molar-refractivity contribution in [3.05, 3.63) is 73.6 Å². The van der Waals surface area contributed by atoms with Gasteiger partial charge in [-0.15, -0.1) is 0 Å².